The van der Waals surface area contributed by atoms with E-state index in [9.17, 15) is 14.0 Å². The topological polar surface area (TPSA) is 86.8 Å². The first-order chi connectivity index (χ1) is 15.4. The van der Waals surface area contributed by atoms with Crippen LogP contribution in [0, 0.1) is 5.82 Å². The molecule has 0 amide bonds. The average molecular weight is 447 g/mol. The Morgan fingerprint density at radius 3 is 2.72 bits per heavy atom. The Morgan fingerprint density at radius 2 is 2.09 bits per heavy atom. The number of aromatic nitrogens is 1. The van der Waals surface area contributed by atoms with E-state index in [-0.39, 0.29) is 54.0 Å². The van der Waals surface area contributed by atoms with E-state index in [0.29, 0.717) is 30.5 Å². The van der Waals surface area contributed by atoms with Gasteiger partial charge in [-0.15, -0.1) is 0 Å². The van der Waals surface area contributed by atoms with Crippen LogP contribution in [0.4, 0.5) is 14.5 Å². The van der Waals surface area contributed by atoms with Crippen molar-refractivity contribution in [1.82, 2.24) is 4.57 Å². The average Bonchev–Trinajstić information content (AvgIpc) is 3.63. The van der Waals surface area contributed by atoms with E-state index in [1.165, 1.54) is 13.3 Å². The predicted molar refractivity (Wildman–Crippen MR) is 118 cm³/mol. The highest BCUT2D eigenvalue weighted by molar-refractivity contribution is 5.97. The van der Waals surface area contributed by atoms with Gasteiger partial charge in [-0.05, 0) is 44.2 Å². The van der Waals surface area contributed by atoms with Gasteiger partial charge in [0.25, 0.3) is 0 Å². The summed E-state index contributed by atoms with van der Waals surface area (Å²) in [6.45, 7) is 2.28. The van der Waals surface area contributed by atoms with Gasteiger partial charge in [-0.3, -0.25) is 4.79 Å². The third kappa shape index (κ3) is 3.85. The maximum Gasteiger partial charge on any atom is 0.343 e. The number of pyridine rings is 1. The summed E-state index contributed by atoms with van der Waals surface area (Å²) in [4.78, 5) is 27.2. The van der Waals surface area contributed by atoms with Crippen LogP contribution in [0.25, 0.3) is 10.9 Å². The lowest BCUT2D eigenvalue weighted by Gasteiger charge is -2.33. The third-order valence-electron chi connectivity index (χ3n) is 6.01. The normalized spacial score (nSPS) is 18.1. The second-order valence-electron chi connectivity index (χ2n) is 8.10. The summed E-state index contributed by atoms with van der Waals surface area (Å²) in [6.07, 6.45) is 4.43. The zero-order chi connectivity index (χ0) is 23.0. The van der Waals surface area contributed by atoms with Crippen LogP contribution in [0.3, 0.4) is 0 Å². The fourth-order valence-electron chi connectivity index (χ4n) is 4.35. The van der Waals surface area contributed by atoms with Gasteiger partial charge in [-0.2, -0.15) is 0 Å². The molecule has 0 atom stereocenters. The van der Waals surface area contributed by atoms with E-state index in [4.69, 9.17) is 15.2 Å². The number of halogens is 2. The number of anilines is 1. The maximum absolute atomic E-state index is 15.5. The lowest BCUT2D eigenvalue weighted by molar-refractivity contribution is 0.0524. The number of nitrogens with two attached hydrogens (primary N) is 1. The molecule has 0 unspecified atom stereocenters. The zero-order valence-corrected chi connectivity index (χ0v) is 18.2. The van der Waals surface area contributed by atoms with Gasteiger partial charge in [0.15, 0.2) is 11.6 Å². The highest BCUT2D eigenvalue weighted by atomic mass is 19.1. The smallest absolute Gasteiger partial charge is 0.343 e. The van der Waals surface area contributed by atoms with Gasteiger partial charge in [0.2, 0.25) is 5.43 Å². The molecule has 1 aliphatic heterocycles. The molecule has 1 aromatic heterocycles. The van der Waals surface area contributed by atoms with Crippen molar-refractivity contribution in [1.29, 1.82) is 0 Å². The molecule has 2 N–H and O–H groups in total. The van der Waals surface area contributed by atoms with Crippen molar-refractivity contribution in [3.05, 3.63) is 45.3 Å². The van der Waals surface area contributed by atoms with Crippen LogP contribution in [-0.2, 0) is 4.74 Å². The van der Waals surface area contributed by atoms with Crippen LogP contribution < -0.4 is 20.8 Å². The highest BCUT2D eigenvalue weighted by Crippen LogP contribution is 2.44. The first-order valence-corrected chi connectivity index (χ1v) is 10.8. The molecule has 2 aliphatic rings. The molecule has 0 bridgehead atoms. The number of hydrogen-bond acceptors (Lipinski definition) is 6. The minimum atomic E-state index is -0.736. The van der Waals surface area contributed by atoms with Crippen LogP contribution >= 0.6 is 0 Å². The van der Waals surface area contributed by atoms with Crippen LogP contribution in [0.2, 0.25) is 0 Å². The van der Waals surface area contributed by atoms with Crippen molar-refractivity contribution < 1.29 is 23.0 Å². The van der Waals surface area contributed by atoms with Crippen LogP contribution in [0.5, 0.6) is 5.75 Å². The van der Waals surface area contributed by atoms with Crippen molar-refractivity contribution >= 4 is 22.6 Å². The fourth-order valence-corrected chi connectivity index (χ4v) is 4.35. The molecule has 2 heterocycles. The molecule has 1 saturated heterocycles. The molecule has 0 spiro atoms. The monoisotopic (exact) mass is 447 g/mol. The van der Waals surface area contributed by atoms with E-state index in [1.54, 1.807) is 11.8 Å². The van der Waals surface area contributed by atoms with Crippen molar-refractivity contribution in [2.75, 3.05) is 38.3 Å². The molecule has 9 heteroatoms. The maximum atomic E-state index is 15.5. The van der Waals surface area contributed by atoms with Crippen LogP contribution in [0.15, 0.2) is 28.5 Å². The van der Waals surface area contributed by atoms with Crippen LogP contribution in [-0.4, -0.2) is 43.9 Å². The quantitative estimate of drug-likeness (QED) is 0.683. The van der Waals surface area contributed by atoms with Gasteiger partial charge < -0.3 is 24.7 Å². The van der Waals surface area contributed by atoms with Crippen molar-refractivity contribution in [3.8, 4) is 5.75 Å². The first-order valence-electron chi connectivity index (χ1n) is 10.8. The Kier molecular flexibility index (Phi) is 6.19. The molecule has 7 nitrogen and oxygen atoms in total. The molecule has 0 radical (unpaired) electrons. The number of piperidine rings is 1. The second-order valence-corrected chi connectivity index (χ2v) is 8.10. The minimum absolute atomic E-state index is 0.0569. The summed E-state index contributed by atoms with van der Waals surface area (Å²) in [7, 11) is 1.42. The largest absolute Gasteiger partial charge is 0.492 e. The van der Waals surface area contributed by atoms with E-state index < -0.39 is 17.2 Å². The predicted octanol–water partition coefficient (Wildman–Crippen LogP) is 3.44. The zero-order valence-electron chi connectivity index (χ0n) is 18.2. The Bertz CT molecular complexity index is 1150. The Morgan fingerprint density at radius 1 is 1.34 bits per heavy atom. The molecule has 2 aromatic rings. The summed E-state index contributed by atoms with van der Waals surface area (Å²) in [5.74, 6) is -1.58. The number of carbonyl (C=O) groups is 1. The second kappa shape index (κ2) is 8.90. The number of methoxy groups -OCH3 is 1. The van der Waals surface area contributed by atoms with E-state index in [1.807, 2.05) is 4.57 Å². The highest BCUT2D eigenvalue weighted by Gasteiger charge is 2.32. The molecule has 4 rings (SSSR count). The molecule has 1 aromatic carbocycles. The summed E-state index contributed by atoms with van der Waals surface area (Å²) in [5, 5.41) is 0.0569. The number of hydrogen-bond donors (Lipinski definition) is 1. The van der Waals surface area contributed by atoms with Crippen molar-refractivity contribution in [2.24, 2.45) is 5.73 Å². The van der Waals surface area contributed by atoms with Crippen molar-refractivity contribution in [3.63, 3.8) is 0 Å². The lowest BCUT2D eigenvalue weighted by atomic mass is 10.0. The Balaban J connectivity index is 1.94. The number of benzene rings is 1. The van der Waals surface area contributed by atoms with Gasteiger partial charge in [0, 0.05) is 31.9 Å². The Hall–Kier alpha value is -2.94. The van der Waals surface area contributed by atoms with Gasteiger partial charge >= 0.3 is 5.97 Å². The van der Waals surface area contributed by atoms with E-state index >= 15 is 4.39 Å². The van der Waals surface area contributed by atoms with Crippen LogP contribution in [0.1, 0.15) is 49.0 Å². The van der Waals surface area contributed by atoms with Gasteiger partial charge in [-0.25, -0.2) is 13.6 Å². The molecule has 172 valence electrons. The number of ether oxygens (including phenoxy) is 2. The number of carbonyl (C=O) groups excluding carboxylic acids is 1. The van der Waals surface area contributed by atoms with Gasteiger partial charge in [0.05, 0.1) is 24.6 Å². The van der Waals surface area contributed by atoms with E-state index in [2.05, 4.69) is 0 Å². The lowest BCUT2D eigenvalue weighted by Crippen LogP contribution is -2.33. The summed E-state index contributed by atoms with van der Waals surface area (Å²) in [6, 6.07) is 1.22. The number of fused-ring (bicyclic) bond motifs is 1. The first kappa shape index (κ1) is 22.3. The fraction of sp³-hybridized carbons (Fsp3) is 0.478. The molecule has 1 saturated carbocycles. The molecular formula is C23H27F2N3O4. The Labute approximate surface area is 184 Å². The molecule has 32 heavy (non-hydrogen) atoms. The molecular weight excluding hydrogens is 420 g/mol. The number of nitrogens with zero attached hydrogens (tertiary/aromatic N) is 2. The van der Waals surface area contributed by atoms with Gasteiger partial charge in [-0.1, -0.05) is 0 Å². The number of esters is 1. The van der Waals surface area contributed by atoms with Gasteiger partial charge in [0.1, 0.15) is 17.1 Å². The third-order valence-corrected chi connectivity index (χ3v) is 6.01. The molecule has 2 fully saturated rings. The number of rotatable bonds is 6. The standard InChI is InChI=1S/C23H27F2N3O4/c1-3-32-23(30)16-12-28(14-6-7-14)19-15(21(16)29)9-17(24)20(22(19)31-2)27-8-4-5-13(11-27)18(25)10-26/h9,12,14H,3-8,10-11,26H2,1-2H3/b18-13+. The van der Waals surface area contributed by atoms with E-state index in [0.717, 1.165) is 18.9 Å². The van der Waals surface area contributed by atoms with Crippen molar-refractivity contribution in [2.45, 2.75) is 38.6 Å². The molecule has 1 aliphatic carbocycles. The summed E-state index contributed by atoms with van der Waals surface area (Å²) in [5.41, 5.74) is 5.87. The summed E-state index contributed by atoms with van der Waals surface area (Å²) < 4.78 is 42.1. The SMILES string of the molecule is CCOC(=O)c1cn(C2CC2)c2c(OC)c(N3CCC/C(=C(\F)CN)C3)c(F)cc2c1=O. The minimum Gasteiger partial charge on any atom is -0.492 e. The summed E-state index contributed by atoms with van der Waals surface area (Å²) >= 11 is 0.